The number of likely N-dealkylation sites (tertiary alicyclic amines) is 1. The molecule has 0 radical (unpaired) electrons. The molecule has 1 fully saturated rings. The molecule has 27 heavy (non-hydrogen) atoms. The SMILES string of the molecule is CCOc1cccc(C(C)NC(=O)NCC(c2cccs2)N2CCCC2)c1. The number of carbonyl (C=O) groups is 1. The number of nitrogens with one attached hydrogen (secondary N) is 2. The number of benzene rings is 1. The zero-order valence-corrected chi connectivity index (χ0v) is 16.9. The lowest BCUT2D eigenvalue weighted by molar-refractivity contribution is 0.220. The van der Waals surface area contributed by atoms with Gasteiger partial charge >= 0.3 is 6.03 Å². The van der Waals surface area contributed by atoms with E-state index in [0.29, 0.717) is 13.2 Å². The molecule has 3 rings (SSSR count). The molecule has 1 aromatic carbocycles. The predicted octanol–water partition coefficient (Wildman–Crippen LogP) is 4.34. The van der Waals surface area contributed by atoms with E-state index in [2.05, 4.69) is 33.0 Å². The summed E-state index contributed by atoms with van der Waals surface area (Å²) in [5.74, 6) is 0.829. The van der Waals surface area contributed by atoms with Crippen molar-refractivity contribution in [2.75, 3.05) is 26.2 Å². The molecule has 1 aliphatic heterocycles. The minimum atomic E-state index is -0.134. The van der Waals surface area contributed by atoms with Crippen molar-refractivity contribution < 1.29 is 9.53 Å². The van der Waals surface area contributed by atoms with E-state index in [-0.39, 0.29) is 18.1 Å². The van der Waals surface area contributed by atoms with Gasteiger partial charge in [-0.3, -0.25) is 4.90 Å². The Labute approximate surface area is 165 Å². The van der Waals surface area contributed by atoms with Gasteiger partial charge in [0, 0.05) is 11.4 Å². The Morgan fingerprint density at radius 3 is 2.78 bits per heavy atom. The van der Waals surface area contributed by atoms with Gasteiger partial charge < -0.3 is 15.4 Å². The van der Waals surface area contributed by atoms with Crippen LogP contribution in [0.15, 0.2) is 41.8 Å². The highest BCUT2D eigenvalue weighted by atomic mass is 32.1. The van der Waals surface area contributed by atoms with Gasteiger partial charge in [-0.1, -0.05) is 18.2 Å². The van der Waals surface area contributed by atoms with Gasteiger partial charge in [0.1, 0.15) is 5.75 Å². The number of urea groups is 1. The molecule has 2 aromatic rings. The summed E-state index contributed by atoms with van der Waals surface area (Å²) in [5.41, 5.74) is 1.03. The van der Waals surface area contributed by atoms with Gasteiger partial charge in [-0.15, -0.1) is 11.3 Å². The number of carbonyl (C=O) groups excluding carboxylic acids is 1. The van der Waals surface area contributed by atoms with Crippen LogP contribution in [0.1, 0.15) is 49.2 Å². The van der Waals surface area contributed by atoms with E-state index in [1.54, 1.807) is 11.3 Å². The van der Waals surface area contributed by atoms with Gasteiger partial charge in [0.15, 0.2) is 0 Å². The van der Waals surface area contributed by atoms with Crippen LogP contribution >= 0.6 is 11.3 Å². The highest BCUT2D eigenvalue weighted by Gasteiger charge is 2.24. The maximum atomic E-state index is 12.5. The van der Waals surface area contributed by atoms with E-state index in [9.17, 15) is 4.79 Å². The van der Waals surface area contributed by atoms with Crippen molar-refractivity contribution in [2.45, 2.75) is 38.8 Å². The lowest BCUT2D eigenvalue weighted by Crippen LogP contribution is -2.42. The first-order valence-electron chi connectivity index (χ1n) is 9.72. The van der Waals surface area contributed by atoms with Crippen molar-refractivity contribution in [3.05, 3.63) is 52.2 Å². The molecule has 5 nitrogen and oxygen atoms in total. The summed E-state index contributed by atoms with van der Waals surface area (Å²) in [7, 11) is 0. The van der Waals surface area contributed by atoms with Crippen LogP contribution in [0.2, 0.25) is 0 Å². The van der Waals surface area contributed by atoms with Crippen LogP contribution in [0.3, 0.4) is 0 Å². The number of ether oxygens (including phenoxy) is 1. The van der Waals surface area contributed by atoms with E-state index in [1.165, 1.54) is 17.7 Å². The quantitative estimate of drug-likeness (QED) is 0.708. The second kappa shape index (κ2) is 9.76. The van der Waals surface area contributed by atoms with Crippen molar-refractivity contribution in [2.24, 2.45) is 0 Å². The second-order valence-electron chi connectivity index (χ2n) is 6.86. The Bertz CT molecular complexity index is 714. The van der Waals surface area contributed by atoms with Gasteiger partial charge in [-0.25, -0.2) is 4.79 Å². The molecule has 0 aliphatic carbocycles. The number of hydrogen-bond donors (Lipinski definition) is 2. The topological polar surface area (TPSA) is 53.6 Å². The van der Waals surface area contributed by atoms with E-state index < -0.39 is 0 Å². The van der Waals surface area contributed by atoms with Crippen LogP contribution in [0.4, 0.5) is 4.79 Å². The van der Waals surface area contributed by atoms with Gasteiger partial charge in [-0.2, -0.15) is 0 Å². The largest absolute Gasteiger partial charge is 0.494 e. The average molecular weight is 388 g/mol. The lowest BCUT2D eigenvalue weighted by atomic mass is 10.1. The van der Waals surface area contributed by atoms with Crippen LogP contribution in [0.25, 0.3) is 0 Å². The summed E-state index contributed by atoms with van der Waals surface area (Å²) in [6, 6.07) is 12.2. The first kappa shape index (κ1) is 19.7. The van der Waals surface area contributed by atoms with Crippen LogP contribution < -0.4 is 15.4 Å². The summed E-state index contributed by atoms with van der Waals surface area (Å²) in [5, 5.41) is 8.21. The van der Waals surface area contributed by atoms with Crippen molar-refractivity contribution in [1.82, 2.24) is 15.5 Å². The standard InChI is InChI=1S/C21H29N3O2S/c1-3-26-18-9-6-8-17(14-18)16(2)23-21(25)22-15-19(20-10-7-13-27-20)24-11-4-5-12-24/h6-10,13-14,16,19H,3-5,11-12,15H2,1-2H3,(H2,22,23,25). The highest BCUT2D eigenvalue weighted by Crippen LogP contribution is 2.27. The molecule has 0 bridgehead atoms. The Morgan fingerprint density at radius 2 is 2.07 bits per heavy atom. The van der Waals surface area contributed by atoms with E-state index in [1.807, 2.05) is 38.1 Å². The third kappa shape index (κ3) is 5.47. The molecule has 0 saturated carbocycles. The third-order valence-corrected chi connectivity index (χ3v) is 5.90. The zero-order chi connectivity index (χ0) is 19.1. The molecule has 2 atom stereocenters. The lowest BCUT2D eigenvalue weighted by Gasteiger charge is -2.27. The fourth-order valence-corrected chi connectivity index (χ4v) is 4.37. The average Bonchev–Trinajstić information content (AvgIpc) is 3.37. The Kier molecular flexibility index (Phi) is 7.12. The summed E-state index contributed by atoms with van der Waals surface area (Å²) < 4.78 is 5.55. The van der Waals surface area contributed by atoms with Crippen molar-refractivity contribution in [1.29, 1.82) is 0 Å². The summed E-state index contributed by atoms with van der Waals surface area (Å²) in [6.45, 7) is 7.41. The maximum Gasteiger partial charge on any atom is 0.315 e. The molecule has 2 unspecified atom stereocenters. The molecule has 6 heteroatoms. The minimum absolute atomic E-state index is 0.0858. The van der Waals surface area contributed by atoms with E-state index in [0.717, 1.165) is 24.4 Å². The van der Waals surface area contributed by atoms with Gasteiger partial charge in [0.2, 0.25) is 0 Å². The highest BCUT2D eigenvalue weighted by molar-refractivity contribution is 7.10. The molecular formula is C21H29N3O2S. The molecule has 2 heterocycles. The zero-order valence-electron chi connectivity index (χ0n) is 16.1. The fraction of sp³-hybridized carbons (Fsp3) is 0.476. The fourth-order valence-electron chi connectivity index (χ4n) is 3.50. The molecule has 1 aromatic heterocycles. The predicted molar refractivity (Wildman–Crippen MR) is 110 cm³/mol. The maximum absolute atomic E-state index is 12.5. The number of nitrogens with zero attached hydrogens (tertiary/aromatic N) is 1. The van der Waals surface area contributed by atoms with E-state index >= 15 is 0 Å². The first-order valence-corrected chi connectivity index (χ1v) is 10.6. The molecular weight excluding hydrogens is 358 g/mol. The Hall–Kier alpha value is -2.05. The monoisotopic (exact) mass is 387 g/mol. The molecule has 2 N–H and O–H groups in total. The van der Waals surface area contributed by atoms with E-state index in [4.69, 9.17) is 4.74 Å². The normalized spacial score (nSPS) is 16.7. The summed E-state index contributed by atoms with van der Waals surface area (Å²) >= 11 is 1.76. The van der Waals surface area contributed by atoms with Crippen LogP contribution in [-0.4, -0.2) is 37.2 Å². The molecule has 0 spiro atoms. The first-order chi connectivity index (χ1) is 13.2. The van der Waals surface area contributed by atoms with Crippen LogP contribution in [-0.2, 0) is 0 Å². The number of amides is 2. The molecule has 146 valence electrons. The number of thiophene rings is 1. The van der Waals surface area contributed by atoms with Gasteiger partial charge in [0.05, 0.1) is 18.7 Å². The number of hydrogen-bond acceptors (Lipinski definition) is 4. The van der Waals surface area contributed by atoms with Crippen LogP contribution in [0.5, 0.6) is 5.75 Å². The van der Waals surface area contributed by atoms with Crippen molar-refractivity contribution >= 4 is 17.4 Å². The summed E-state index contributed by atoms with van der Waals surface area (Å²) in [6.07, 6.45) is 2.47. The molecule has 1 saturated heterocycles. The third-order valence-electron chi connectivity index (χ3n) is 4.93. The Balaban J connectivity index is 1.55. The van der Waals surface area contributed by atoms with Gasteiger partial charge in [0.25, 0.3) is 0 Å². The number of rotatable bonds is 8. The summed E-state index contributed by atoms with van der Waals surface area (Å²) in [4.78, 5) is 16.2. The van der Waals surface area contributed by atoms with Crippen molar-refractivity contribution in [3.63, 3.8) is 0 Å². The van der Waals surface area contributed by atoms with Crippen molar-refractivity contribution in [3.8, 4) is 5.75 Å². The minimum Gasteiger partial charge on any atom is -0.494 e. The molecule has 1 aliphatic rings. The van der Waals surface area contributed by atoms with Crippen LogP contribution in [0, 0.1) is 0 Å². The Morgan fingerprint density at radius 1 is 1.26 bits per heavy atom. The smallest absolute Gasteiger partial charge is 0.315 e. The second-order valence-corrected chi connectivity index (χ2v) is 7.84. The van der Waals surface area contributed by atoms with Gasteiger partial charge in [-0.05, 0) is 68.9 Å². The molecule has 2 amide bonds.